The molecule has 0 radical (unpaired) electrons. The van der Waals surface area contributed by atoms with Crippen molar-refractivity contribution in [2.75, 3.05) is 23.5 Å². The van der Waals surface area contributed by atoms with Crippen LogP contribution in [-0.4, -0.2) is 23.5 Å². The predicted octanol–water partition coefficient (Wildman–Crippen LogP) is 3.95. The number of alkyl halides is 4. The Hall–Kier alpha value is 1.16. The van der Waals surface area contributed by atoms with E-state index in [0.717, 1.165) is 12.8 Å². The zero-order valence-corrected chi connectivity index (χ0v) is 9.93. The summed E-state index contributed by atoms with van der Waals surface area (Å²) in [5.74, 6) is 3.31. The molecular weight excluding hydrogens is 238 g/mol. The summed E-state index contributed by atoms with van der Waals surface area (Å²) in [7, 11) is 0. The Bertz CT molecular complexity index is 77.1. The van der Waals surface area contributed by atoms with E-state index in [1.165, 1.54) is 0 Å². The van der Waals surface area contributed by atoms with Gasteiger partial charge in [-0.15, -0.1) is 46.4 Å². The van der Waals surface area contributed by atoms with Crippen molar-refractivity contribution in [3.63, 3.8) is 0 Å². The molecular formula is C8H14Cl4. The van der Waals surface area contributed by atoms with Crippen molar-refractivity contribution in [1.29, 1.82) is 0 Å². The minimum absolute atomic E-state index is 0.405. The number of halogens is 4. The smallest absolute Gasteiger partial charge is 0.0263 e. The van der Waals surface area contributed by atoms with E-state index in [-0.39, 0.29) is 0 Å². The van der Waals surface area contributed by atoms with E-state index in [1.807, 2.05) is 0 Å². The molecule has 0 aromatic heterocycles. The van der Waals surface area contributed by atoms with E-state index >= 15 is 0 Å². The lowest BCUT2D eigenvalue weighted by Crippen LogP contribution is -2.10. The van der Waals surface area contributed by atoms with Gasteiger partial charge in [-0.2, -0.15) is 0 Å². The summed E-state index contributed by atoms with van der Waals surface area (Å²) >= 11 is 22.7. The molecule has 0 aliphatic heterocycles. The van der Waals surface area contributed by atoms with Gasteiger partial charge in [0, 0.05) is 23.5 Å². The van der Waals surface area contributed by atoms with E-state index in [0.29, 0.717) is 35.4 Å². The van der Waals surface area contributed by atoms with Crippen molar-refractivity contribution in [1.82, 2.24) is 0 Å². The van der Waals surface area contributed by atoms with Gasteiger partial charge in [0.05, 0.1) is 0 Å². The van der Waals surface area contributed by atoms with Gasteiger partial charge in [-0.05, 0) is 24.7 Å². The standard InChI is InChI=1S/C8H14Cl4/c9-3-7(4-10)1-2-8(5-11)6-12/h7-8H,1-6H2. The average molecular weight is 252 g/mol. The maximum absolute atomic E-state index is 5.69. The maximum atomic E-state index is 5.69. The fraction of sp³-hybridized carbons (Fsp3) is 1.00. The SMILES string of the molecule is ClCC(CCl)CCC(CCl)CCl. The van der Waals surface area contributed by atoms with Gasteiger partial charge in [-0.3, -0.25) is 0 Å². The van der Waals surface area contributed by atoms with Gasteiger partial charge >= 0.3 is 0 Å². The quantitative estimate of drug-likeness (QED) is 0.601. The molecule has 0 bridgehead atoms. The third kappa shape index (κ3) is 5.75. The molecule has 0 saturated carbocycles. The van der Waals surface area contributed by atoms with Gasteiger partial charge in [-0.25, -0.2) is 0 Å². The third-order valence-electron chi connectivity index (χ3n) is 1.86. The molecule has 0 nitrogen and oxygen atoms in total. The average Bonchev–Trinajstić information content (AvgIpc) is 2.13. The molecule has 0 amide bonds. The fourth-order valence-electron chi connectivity index (χ4n) is 0.862. The minimum atomic E-state index is 0.405. The second kappa shape index (κ2) is 8.74. The van der Waals surface area contributed by atoms with Crippen LogP contribution in [0.5, 0.6) is 0 Å². The highest BCUT2D eigenvalue weighted by atomic mass is 35.5. The van der Waals surface area contributed by atoms with Crippen LogP contribution in [-0.2, 0) is 0 Å². The zero-order valence-electron chi connectivity index (χ0n) is 6.91. The summed E-state index contributed by atoms with van der Waals surface area (Å²) in [6.07, 6.45) is 2.05. The molecule has 0 aromatic carbocycles. The largest absolute Gasteiger partial charge is 0.126 e. The summed E-state index contributed by atoms with van der Waals surface area (Å²) in [5.41, 5.74) is 0. The Balaban J connectivity index is 3.49. The Morgan fingerprint density at radius 3 is 1.00 bits per heavy atom. The molecule has 0 aromatic rings. The van der Waals surface area contributed by atoms with Gasteiger partial charge in [-0.1, -0.05) is 0 Å². The summed E-state index contributed by atoms with van der Waals surface area (Å²) in [6.45, 7) is 0. The monoisotopic (exact) mass is 250 g/mol. The molecule has 12 heavy (non-hydrogen) atoms. The van der Waals surface area contributed by atoms with Gasteiger partial charge in [0.25, 0.3) is 0 Å². The van der Waals surface area contributed by atoms with E-state index in [2.05, 4.69) is 0 Å². The van der Waals surface area contributed by atoms with Crippen LogP contribution in [0.3, 0.4) is 0 Å². The summed E-state index contributed by atoms with van der Waals surface area (Å²) < 4.78 is 0. The topological polar surface area (TPSA) is 0 Å². The molecule has 0 saturated heterocycles. The molecule has 0 unspecified atom stereocenters. The zero-order chi connectivity index (χ0) is 9.40. The van der Waals surface area contributed by atoms with Crippen molar-refractivity contribution in [3.05, 3.63) is 0 Å². The van der Waals surface area contributed by atoms with Crippen LogP contribution in [0, 0.1) is 11.8 Å². The number of hydrogen-bond donors (Lipinski definition) is 0. The second-order valence-corrected chi connectivity index (χ2v) is 4.16. The van der Waals surface area contributed by atoms with Gasteiger partial charge in [0.1, 0.15) is 0 Å². The highest BCUT2D eigenvalue weighted by Gasteiger charge is 2.10. The first kappa shape index (κ1) is 13.2. The van der Waals surface area contributed by atoms with Gasteiger partial charge in [0.2, 0.25) is 0 Å². The molecule has 0 rings (SSSR count). The van der Waals surface area contributed by atoms with Crippen molar-refractivity contribution >= 4 is 46.4 Å². The Morgan fingerprint density at radius 2 is 0.833 bits per heavy atom. The molecule has 74 valence electrons. The maximum Gasteiger partial charge on any atom is 0.0263 e. The lowest BCUT2D eigenvalue weighted by molar-refractivity contribution is 0.488. The van der Waals surface area contributed by atoms with E-state index in [9.17, 15) is 0 Å². The first-order chi connectivity index (χ1) is 5.78. The summed E-state index contributed by atoms with van der Waals surface area (Å²) in [6, 6.07) is 0. The van der Waals surface area contributed by atoms with Gasteiger partial charge in [0.15, 0.2) is 0 Å². The molecule has 0 spiro atoms. The number of rotatable bonds is 7. The van der Waals surface area contributed by atoms with E-state index in [4.69, 9.17) is 46.4 Å². The summed E-state index contributed by atoms with van der Waals surface area (Å²) in [5, 5.41) is 0. The van der Waals surface area contributed by atoms with Crippen LogP contribution in [0.1, 0.15) is 12.8 Å². The summed E-state index contributed by atoms with van der Waals surface area (Å²) in [4.78, 5) is 0. The van der Waals surface area contributed by atoms with Crippen LogP contribution >= 0.6 is 46.4 Å². The van der Waals surface area contributed by atoms with E-state index in [1.54, 1.807) is 0 Å². The van der Waals surface area contributed by atoms with Gasteiger partial charge < -0.3 is 0 Å². The van der Waals surface area contributed by atoms with Crippen molar-refractivity contribution in [2.45, 2.75) is 12.8 Å². The first-order valence-electron chi connectivity index (χ1n) is 4.02. The van der Waals surface area contributed by atoms with Crippen LogP contribution in [0.25, 0.3) is 0 Å². The van der Waals surface area contributed by atoms with Crippen molar-refractivity contribution in [2.24, 2.45) is 11.8 Å². The number of hydrogen-bond acceptors (Lipinski definition) is 0. The minimum Gasteiger partial charge on any atom is -0.126 e. The van der Waals surface area contributed by atoms with E-state index < -0.39 is 0 Å². The highest BCUT2D eigenvalue weighted by molar-refractivity contribution is 6.21. The molecule has 0 aliphatic carbocycles. The van der Waals surface area contributed by atoms with Crippen molar-refractivity contribution < 1.29 is 0 Å². The molecule has 0 N–H and O–H groups in total. The lowest BCUT2D eigenvalue weighted by Gasteiger charge is -2.13. The molecule has 4 heteroatoms. The lowest BCUT2D eigenvalue weighted by atomic mass is 10.0. The molecule has 0 atom stereocenters. The fourth-order valence-corrected chi connectivity index (χ4v) is 2.14. The Labute approximate surface area is 94.5 Å². The van der Waals surface area contributed by atoms with Crippen molar-refractivity contribution in [3.8, 4) is 0 Å². The van der Waals surface area contributed by atoms with Crippen LogP contribution in [0.15, 0.2) is 0 Å². The molecule has 0 fully saturated rings. The third-order valence-corrected chi connectivity index (χ3v) is 3.60. The molecule has 0 heterocycles. The first-order valence-corrected chi connectivity index (χ1v) is 6.16. The normalized spacial score (nSPS) is 11.5. The second-order valence-electron chi connectivity index (χ2n) is 2.93. The van der Waals surface area contributed by atoms with Crippen LogP contribution < -0.4 is 0 Å². The van der Waals surface area contributed by atoms with Crippen LogP contribution in [0.4, 0.5) is 0 Å². The Kier molecular flexibility index (Phi) is 9.59. The highest BCUT2D eigenvalue weighted by Crippen LogP contribution is 2.17. The Morgan fingerprint density at radius 1 is 0.583 bits per heavy atom. The predicted molar refractivity (Wildman–Crippen MR) is 59.1 cm³/mol. The molecule has 0 aliphatic rings. The van der Waals surface area contributed by atoms with Crippen LogP contribution in [0.2, 0.25) is 0 Å².